The second-order valence-corrected chi connectivity index (χ2v) is 5.93. The van der Waals surface area contributed by atoms with Crippen LogP contribution in [0, 0.1) is 0 Å². The fourth-order valence-electron chi connectivity index (χ4n) is 2.79. The minimum atomic E-state index is 0.170. The summed E-state index contributed by atoms with van der Waals surface area (Å²) in [5.41, 5.74) is 1.19. The molecule has 2 aromatic rings. The zero-order valence-electron chi connectivity index (χ0n) is 13.6. The Hall–Kier alpha value is -1.83. The van der Waals surface area contributed by atoms with Crippen molar-refractivity contribution in [3.63, 3.8) is 0 Å². The molecule has 0 atom stereocenters. The zero-order chi connectivity index (χ0) is 15.6. The fraction of sp³-hybridized carbons (Fsp3) is 0.450. The summed E-state index contributed by atoms with van der Waals surface area (Å²) in [5.74, 6) is 0.170. The summed E-state index contributed by atoms with van der Waals surface area (Å²) in [7, 11) is 0. The van der Waals surface area contributed by atoms with Crippen molar-refractivity contribution in [2.24, 2.45) is 0 Å². The summed E-state index contributed by atoms with van der Waals surface area (Å²) in [4.78, 5) is 11.9. The first kappa shape index (κ1) is 16.5. The van der Waals surface area contributed by atoms with Gasteiger partial charge in [-0.1, -0.05) is 81.5 Å². The highest BCUT2D eigenvalue weighted by Gasteiger charge is 2.04. The van der Waals surface area contributed by atoms with Crippen LogP contribution in [0.15, 0.2) is 42.5 Å². The maximum Gasteiger partial charge on any atom is 0.220 e. The van der Waals surface area contributed by atoms with Crippen molar-refractivity contribution < 1.29 is 4.79 Å². The van der Waals surface area contributed by atoms with Crippen molar-refractivity contribution in [1.82, 2.24) is 5.32 Å². The molecule has 2 heteroatoms. The van der Waals surface area contributed by atoms with Gasteiger partial charge in [-0.2, -0.15) is 0 Å². The molecule has 0 unspecified atom stereocenters. The zero-order valence-corrected chi connectivity index (χ0v) is 13.6. The maximum absolute atomic E-state index is 11.9. The molecular formula is C20H27NO. The molecule has 0 spiro atoms. The van der Waals surface area contributed by atoms with Crippen molar-refractivity contribution in [1.29, 1.82) is 0 Å². The molecule has 1 amide bonds. The molecular weight excluding hydrogens is 270 g/mol. The Labute approximate surface area is 133 Å². The lowest BCUT2D eigenvalue weighted by molar-refractivity contribution is -0.121. The quantitative estimate of drug-likeness (QED) is 0.633. The van der Waals surface area contributed by atoms with Crippen LogP contribution in [0.2, 0.25) is 0 Å². The third-order valence-corrected chi connectivity index (χ3v) is 4.11. The van der Waals surface area contributed by atoms with E-state index < -0.39 is 0 Å². The van der Waals surface area contributed by atoms with Crippen molar-refractivity contribution >= 4 is 16.7 Å². The highest BCUT2D eigenvalue weighted by atomic mass is 16.1. The topological polar surface area (TPSA) is 29.1 Å². The van der Waals surface area contributed by atoms with E-state index in [9.17, 15) is 4.79 Å². The van der Waals surface area contributed by atoms with Crippen LogP contribution in [-0.2, 0) is 11.3 Å². The van der Waals surface area contributed by atoms with Gasteiger partial charge in [0, 0.05) is 13.0 Å². The molecule has 0 heterocycles. The third kappa shape index (κ3) is 5.18. The van der Waals surface area contributed by atoms with E-state index in [-0.39, 0.29) is 5.91 Å². The second-order valence-electron chi connectivity index (χ2n) is 5.93. The molecule has 0 fully saturated rings. The molecule has 2 aromatic carbocycles. The highest BCUT2D eigenvalue weighted by molar-refractivity contribution is 5.86. The first-order chi connectivity index (χ1) is 10.8. The molecule has 2 rings (SSSR count). The summed E-state index contributed by atoms with van der Waals surface area (Å²) < 4.78 is 0. The smallest absolute Gasteiger partial charge is 0.220 e. The molecule has 2 nitrogen and oxygen atoms in total. The number of carbonyl (C=O) groups excluding carboxylic acids is 1. The average molecular weight is 297 g/mol. The lowest BCUT2D eigenvalue weighted by Crippen LogP contribution is -2.22. The average Bonchev–Trinajstić information content (AvgIpc) is 2.56. The Morgan fingerprint density at radius 2 is 1.64 bits per heavy atom. The number of carbonyl (C=O) groups is 1. The van der Waals surface area contributed by atoms with Crippen molar-refractivity contribution in [2.75, 3.05) is 0 Å². The van der Waals surface area contributed by atoms with Crippen LogP contribution in [0.25, 0.3) is 10.8 Å². The van der Waals surface area contributed by atoms with Crippen LogP contribution in [0.4, 0.5) is 0 Å². The predicted molar refractivity (Wildman–Crippen MR) is 93.8 cm³/mol. The van der Waals surface area contributed by atoms with Gasteiger partial charge in [0.25, 0.3) is 0 Å². The third-order valence-electron chi connectivity index (χ3n) is 4.11. The Morgan fingerprint density at radius 1 is 0.909 bits per heavy atom. The predicted octanol–water partition coefficient (Wildman–Crippen LogP) is 5.21. The molecule has 0 aliphatic heterocycles. The summed E-state index contributed by atoms with van der Waals surface area (Å²) in [6.45, 7) is 2.84. The first-order valence-electron chi connectivity index (χ1n) is 8.54. The van der Waals surface area contributed by atoms with E-state index in [1.165, 1.54) is 48.4 Å². The van der Waals surface area contributed by atoms with Crippen molar-refractivity contribution in [3.8, 4) is 0 Å². The van der Waals surface area contributed by atoms with Crippen LogP contribution in [0.1, 0.15) is 57.4 Å². The molecule has 0 aliphatic rings. The van der Waals surface area contributed by atoms with E-state index in [1.54, 1.807) is 0 Å². The van der Waals surface area contributed by atoms with Gasteiger partial charge >= 0.3 is 0 Å². The van der Waals surface area contributed by atoms with Crippen molar-refractivity contribution in [2.45, 2.75) is 58.4 Å². The Balaban J connectivity index is 1.74. The molecule has 0 saturated carbocycles. The Kier molecular flexibility index (Phi) is 6.95. The lowest BCUT2D eigenvalue weighted by atomic mass is 10.0. The molecule has 0 saturated heterocycles. The first-order valence-corrected chi connectivity index (χ1v) is 8.54. The van der Waals surface area contributed by atoms with Gasteiger partial charge in [-0.15, -0.1) is 0 Å². The second kappa shape index (κ2) is 9.24. The Morgan fingerprint density at radius 3 is 2.50 bits per heavy atom. The van der Waals surface area contributed by atoms with Gasteiger partial charge in [-0.25, -0.2) is 0 Å². The van der Waals surface area contributed by atoms with E-state index >= 15 is 0 Å². The molecule has 22 heavy (non-hydrogen) atoms. The molecule has 0 radical (unpaired) electrons. The number of amides is 1. The summed E-state index contributed by atoms with van der Waals surface area (Å²) in [5, 5.41) is 5.51. The molecule has 118 valence electrons. The molecule has 0 bridgehead atoms. The normalized spacial score (nSPS) is 10.8. The number of hydrogen-bond donors (Lipinski definition) is 1. The Bertz CT molecular complexity index is 586. The maximum atomic E-state index is 11.9. The fourth-order valence-corrected chi connectivity index (χ4v) is 2.79. The van der Waals surface area contributed by atoms with Gasteiger partial charge in [-0.05, 0) is 22.8 Å². The summed E-state index contributed by atoms with van der Waals surface area (Å²) >= 11 is 0. The lowest BCUT2D eigenvalue weighted by Gasteiger charge is -2.08. The van der Waals surface area contributed by atoms with Gasteiger partial charge in [0.2, 0.25) is 5.91 Å². The van der Waals surface area contributed by atoms with Gasteiger partial charge < -0.3 is 5.32 Å². The standard InChI is InChI=1S/C20H27NO/c1-2-3-4-5-6-7-15-20(22)21-16-18-13-10-12-17-11-8-9-14-19(17)18/h8-14H,2-7,15-16H2,1H3,(H,21,22). The van der Waals surface area contributed by atoms with Crippen LogP contribution in [-0.4, -0.2) is 5.91 Å². The SMILES string of the molecule is CCCCCCCCC(=O)NCc1cccc2ccccc12. The van der Waals surface area contributed by atoms with Gasteiger partial charge in [0.15, 0.2) is 0 Å². The van der Waals surface area contributed by atoms with Crippen LogP contribution in [0.5, 0.6) is 0 Å². The molecule has 1 N–H and O–H groups in total. The number of fused-ring (bicyclic) bond motifs is 1. The largest absolute Gasteiger partial charge is 0.352 e. The number of nitrogens with one attached hydrogen (secondary N) is 1. The van der Waals surface area contributed by atoms with E-state index in [2.05, 4.69) is 42.6 Å². The number of rotatable bonds is 9. The van der Waals surface area contributed by atoms with Crippen LogP contribution < -0.4 is 5.32 Å². The summed E-state index contributed by atoms with van der Waals surface area (Å²) in [6, 6.07) is 14.6. The minimum Gasteiger partial charge on any atom is -0.352 e. The van der Waals surface area contributed by atoms with E-state index in [4.69, 9.17) is 0 Å². The summed E-state index contributed by atoms with van der Waals surface area (Å²) in [6.07, 6.45) is 7.96. The van der Waals surface area contributed by atoms with Crippen LogP contribution >= 0.6 is 0 Å². The minimum absolute atomic E-state index is 0.170. The number of hydrogen-bond acceptors (Lipinski definition) is 1. The van der Waals surface area contributed by atoms with Gasteiger partial charge in [-0.3, -0.25) is 4.79 Å². The van der Waals surface area contributed by atoms with E-state index in [0.717, 1.165) is 6.42 Å². The van der Waals surface area contributed by atoms with Gasteiger partial charge in [0.1, 0.15) is 0 Å². The number of unbranched alkanes of at least 4 members (excludes halogenated alkanes) is 5. The number of benzene rings is 2. The molecule has 0 aliphatic carbocycles. The molecule has 0 aromatic heterocycles. The van der Waals surface area contributed by atoms with Crippen molar-refractivity contribution in [3.05, 3.63) is 48.0 Å². The van der Waals surface area contributed by atoms with E-state index in [0.29, 0.717) is 13.0 Å². The monoisotopic (exact) mass is 297 g/mol. The van der Waals surface area contributed by atoms with Crippen LogP contribution in [0.3, 0.4) is 0 Å². The highest BCUT2D eigenvalue weighted by Crippen LogP contribution is 2.18. The van der Waals surface area contributed by atoms with E-state index in [1.807, 2.05) is 12.1 Å². The van der Waals surface area contributed by atoms with Gasteiger partial charge in [0.05, 0.1) is 0 Å².